The van der Waals surface area contributed by atoms with E-state index >= 15 is 0 Å². The Hall–Kier alpha value is -3.15. The molecule has 1 saturated carbocycles. The van der Waals surface area contributed by atoms with Crippen LogP contribution in [0.25, 0.3) is 11.3 Å². The molecule has 1 aromatic carbocycles. The second-order valence-corrected chi connectivity index (χ2v) is 8.37. The van der Waals surface area contributed by atoms with Crippen LogP contribution < -0.4 is 5.56 Å². The summed E-state index contributed by atoms with van der Waals surface area (Å²) in [5.74, 6) is -0.144. The lowest BCUT2D eigenvalue weighted by atomic mass is 10.0. The van der Waals surface area contributed by atoms with Crippen LogP contribution in [0, 0.1) is 6.92 Å². The molecular weight excluding hydrogens is 376 g/mol. The number of hydrogen-bond donors (Lipinski definition) is 0. The maximum atomic E-state index is 13.4. The van der Waals surface area contributed by atoms with Crippen LogP contribution in [0.3, 0.4) is 0 Å². The molecule has 1 aliphatic carbocycles. The molecule has 1 amide bonds. The summed E-state index contributed by atoms with van der Waals surface area (Å²) >= 11 is 0. The molecular formula is C24H26N4O2. The molecule has 0 bridgehead atoms. The number of benzene rings is 1. The largest absolute Gasteiger partial charge is 0.338 e. The summed E-state index contributed by atoms with van der Waals surface area (Å²) in [5, 5.41) is 4.76. The zero-order valence-electron chi connectivity index (χ0n) is 17.5. The zero-order valence-corrected chi connectivity index (χ0v) is 17.5. The highest BCUT2D eigenvalue weighted by atomic mass is 16.2. The fourth-order valence-corrected chi connectivity index (χ4v) is 4.51. The van der Waals surface area contributed by atoms with Crippen LogP contribution in [-0.2, 0) is 19.9 Å². The molecule has 2 aromatic heterocycles. The second-order valence-electron chi connectivity index (χ2n) is 8.37. The van der Waals surface area contributed by atoms with Gasteiger partial charge in [-0.15, -0.1) is 0 Å². The smallest absolute Gasteiger partial charge is 0.263 e. The number of aromatic nitrogens is 3. The Morgan fingerprint density at radius 2 is 1.80 bits per heavy atom. The Bertz CT molecular complexity index is 1170. The van der Waals surface area contributed by atoms with Gasteiger partial charge in [0.15, 0.2) is 0 Å². The first kappa shape index (κ1) is 18.9. The van der Waals surface area contributed by atoms with Gasteiger partial charge in [0.25, 0.3) is 11.5 Å². The molecule has 6 heteroatoms. The molecule has 3 heterocycles. The first-order chi connectivity index (χ1) is 14.5. The van der Waals surface area contributed by atoms with E-state index in [2.05, 4.69) is 12.1 Å². The molecule has 0 atom stereocenters. The van der Waals surface area contributed by atoms with Crippen LogP contribution in [0.2, 0.25) is 0 Å². The van der Waals surface area contributed by atoms with Crippen LogP contribution >= 0.6 is 0 Å². The van der Waals surface area contributed by atoms with E-state index in [4.69, 9.17) is 5.10 Å². The van der Waals surface area contributed by atoms with E-state index in [-0.39, 0.29) is 17.5 Å². The van der Waals surface area contributed by atoms with Gasteiger partial charge in [0, 0.05) is 55.6 Å². The minimum atomic E-state index is -0.144. The monoisotopic (exact) mass is 402 g/mol. The lowest BCUT2D eigenvalue weighted by Crippen LogP contribution is -2.39. The topological polar surface area (TPSA) is 60.1 Å². The van der Waals surface area contributed by atoms with Gasteiger partial charge in [-0.1, -0.05) is 30.3 Å². The minimum Gasteiger partial charge on any atom is -0.338 e. The molecule has 2 aliphatic rings. The summed E-state index contributed by atoms with van der Waals surface area (Å²) in [6, 6.07) is 12.4. The molecule has 0 N–H and O–H groups in total. The SMILES string of the molecule is Cc1ccn(C2CC2)c(=O)c1C(=O)N1CCc2c(-c3ccccc3)nn(C)c2CC1. The van der Waals surface area contributed by atoms with Gasteiger partial charge in [-0.3, -0.25) is 14.3 Å². The molecule has 6 nitrogen and oxygen atoms in total. The average molecular weight is 402 g/mol. The number of nitrogens with zero attached hydrogens (tertiary/aromatic N) is 4. The Morgan fingerprint density at radius 3 is 2.53 bits per heavy atom. The highest BCUT2D eigenvalue weighted by Gasteiger charge is 2.30. The third kappa shape index (κ3) is 3.16. The van der Waals surface area contributed by atoms with E-state index in [1.165, 1.54) is 11.3 Å². The van der Waals surface area contributed by atoms with Crippen molar-refractivity contribution in [3.8, 4) is 11.3 Å². The lowest BCUT2D eigenvalue weighted by molar-refractivity contribution is 0.0759. The van der Waals surface area contributed by atoms with Crippen LogP contribution in [-0.4, -0.2) is 38.2 Å². The van der Waals surface area contributed by atoms with Crippen LogP contribution in [0.1, 0.15) is 46.1 Å². The number of hydrogen-bond acceptors (Lipinski definition) is 3. The van der Waals surface area contributed by atoms with Crippen molar-refractivity contribution in [1.82, 2.24) is 19.2 Å². The van der Waals surface area contributed by atoms with Crippen molar-refractivity contribution >= 4 is 5.91 Å². The number of amides is 1. The van der Waals surface area contributed by atoms with Crippen molar-refractivity contribution in [3.05, 3.63) is 75.3 Å². The van der Waals surface area contributed by atoms with E-state index in [1.54, 1.807) is 4.57 Å². The Morgan fingerprint density at radius 1 is 1.07 bits per heavy atom. The summed E-state index contributed by atoms with van der Waals surface area (Å²) < 4.78 is 3.68. The molecule has 154 valence electrons. The first-order valence-electron chi connectivity index (χ1n) is 10.7. The predicted octanol–water partition coefficient (Wildman–Crippen LogP) is 3.13. The number of carbonyl (C=O) groups excluding carboxylic acids is 1. The van der Waals surface area contributed by atoms with Crippen molar-refractivity contribution in [2.45, 2.75) is 38.6 Å². The van der Waals surface area contributed by atoms with Gasteiger partial charge in [-0.2, -0.15) is 5.10 Å². The summed E-state index contributed by atoms with van der Waals surface area (Å²) in [7, 11) is 1.97. The summed E-state index contributed by atoms with van der Waals surface area (Å²) in [4.78, 5) is 28.2. The predicted molar refractivity (Wildman–Crippen MR) is 116 cm³/mol. The Balaban J connectivity index is 1.45. The summed E-state index contributed by atoms with van der Waals surface area (Å²) in [6.45, 7) is 3.04. The van der Waals surface area contributed by atoms with Crippen molar-refractivity contribution in [1.29, 1.82) is 0 Å². The minimum absolute atomic E-state index is 0.143. The maximum absolute atomic E-state index is 13.4. The second kappa shape index (κ2) is 7.27. The fraction of sp³-hybridized carbons (Fsp3) is 0.375. The molecule has 1 aliphatic heterocycles. The number of rotatable bonds is 3. The van der Waals surface area contributed by atoms with Gasteiger partial charge in [0.1, 0.15) is 5.56 Å². The molecule has 0 unspecified atom stereocenters. The van der Waals surface area contributed by atoms with E-state index in [1.807, 2.05) is 54.0 Å². The average Bonchev–Trinajstić information content (AvgIpc) is 3.56. The fourth-order valence-electron chi connectivity index (χ4n) is 4.51. The third-order valence-corrected chi connectivity index (χ3v) is 6.34. The van der Waals surface area contributed by atoms with Crippen molar-refractivity contribution in [3.63, 3.8) is 0 Å². The van der Waals surface area contributed by atoms with Crippen molar-refractivity contribution < 1.29 is 4.79 Å². The van der Waals surface area contributed by atoms with Crippen LogP contribution in [0.15, 0.2) is 47.4 Å². The van der Waals surface area contributed by atoms with E-state index in [0.29, 0.717) is 18.7 Å². The van der Waals surface area contributed by atoms with Crippen molar-refractivity contribution in [2.24, 2.45) is 7.05 Å². The standard InChI is InChI=1S/C24H26N4O2/c1-16-10-15-28(18-8-9-18)24(30)21(16)23(29)27-13-11-19-20(12-14-27)26(2)25-22(19)17-6-4-3-5-7-17/h3-7,10,15,18H,8-9,11-14H2,1-2H3. The molecule has 5 rings (SSSR count). The third-order valence-electron chi connectivity index (χ3n) is 6.34. The number of fused-ring (bicyclic) bond motifs is 1. The molecule has 0 radical (unpaired) electrons. The van der Waals surface area contributed by atoms with Gasteiger partial charge in [-0.25, -0.2) is 0 Å². The molecule has 30 heavy (non-hydrogen) atoms. The zero-order chi connectivity index (χ0) is 20.8. The highest BCUT2D eigenvalue weighted by molar-refractivity contribution is 5.95. The van der Waals surface area contributed by atoms with Crippen molar-refractivity contribution in [2.75, 3.05) is 13.1 Å². The van der Waals surface area contributed by atoms with E-state index in [0.717, 1.165) is 42.5 Å². The van der Waals surface area contributed by atoms with Gasteiger partial charge in [-0.05, 0) is 37.8 Å². The van der Waals surface area contributed by atoms with Gasteiger partial charge >= 0.3 is 0 Å². The molecule has 0 spiro atoms. The van der Waals surface area contributed by atoms with Crippen LogP contribution in [0.5, 0.6) is 0 Å². The van der Waals surface area contributed by atoms with Gasteiger partial charge in [0.05, 0.1) is 5.69 Å². The number of carbonyl (C=O) groups is 1. The quantitative estimate of drug-likeness (QED) is 0.676. The number of aryl methyl sites for hydroxylation is 2. The Labute approximate surface area is 175 Å². The molecule has 0 saturated heterocycles. The van der Waals surface area contributed by atoms with E-state index in [9.17, 15) is 9.59 Å². The van der Waals surface area contributed by atoms with E-state index < -0.39 is 0 Å². The summed E-state index contributed by atoms with van der Waals surface area (Å²) in [5.41, 5.74) is 5.42. The first-order valence-corrected chi connectivity index (χ1v) is 10.7. The number of pyridine rings is 1. The highest BCUT2D eigenvalue weighted by Crippen LogP contribution is 2.33. The van der Waals surface area contributed by atoms with Gasteiger partial charge in [0.2, 0.25) is 0 Å². The summed E-state index contributed by atoms with van der Waals surface area (Å²) in [6.07, 6.45) is 5.35. The molecule has 1 fully saturated rings. The lowest BCUT2D eigenvalue weighted by Gasteiger charge is -2.21. The molecule has 3 aromatic rings. The van der Waals surface area contributed by atoms with Crippen LogP contribution in [0.4, 0.5) is 0 Å². The Kier molecular flexibility index (Phi) is 4.57. The normalized spacial score (nSPS) is 16.3. The van der Waals surface area contributed by atoms with Gasteiger partial charge < -0.3 is 9.47 Å². The maximum Gasteiger partial charge on any atom is 0.263 e.